The molecule has 0 radical (unpaired) electrons. The Morgan fingerprint density at radius 2 is 2.05 bits per heavy atom. The third-order valence-electron chi connectivity index (χ3n) is 3.95. The van der Waals surface area contributed by atoms with Crippen molar-refractivity contribution in [3.05, 3.63) is 29.3 Å². The van der Waals surface area contributed by atoms with Crippen LogP contribution in [-0.2, 0) is 11.3 Å². The number of rotatable bonds is 4. The van der Waals surface area contributed by atoms with Crippen molar-refractivity contribution in [2.75, 3.05) is 20.2 Å². The Bertz CT molecular complexity index is 493. The molecule has 0 amide bonds. The third kappa shape index (κ3) is 3.11. The van der Waals surface area contributed by atoms with E-state index in [1.807, 2.05) is 19.1 Å². The van der Waals surface area contributed by atoms with Gasteiger partial charge in [-0.3, -0.25) is 4.90 Å². The van der Waals surface area contributed by atoms with E-state index in [0.717, 1.165) is 17.9 Å². The fourth-order valence-corrected chi connectivity index (χ4v) is 2.59. The van der Waals surface area contributed by atoms with Gasteiger partial charge in [0.25, 0.3) is 0 Å². The first-order chi connectivity index (χ1) is 9.44. The van der Waals surface area contributed by atoms with Gasteiger partial charge in [0.1, 0.15) is 5.75 Å². The number of carbonyl (C=O) groups is 1. The molecular weight excluding hydrogens is 258 g/mol. The number of nitrogens with zero attached hydrogens (tertiary/aromatic N) is 1. The molecular formula is C15H21NO4. The highest BCUT2D eigenvalue weighted by atomic mass is 16.5. The fourth-order valence-electron chi connectivity index (χ4n) is 2.59. The van der Waals surface area contributed by atoms with Gasteiger partial charge >= 0.3 is 5.97 Å². The van der Waals surface area contributed by atoms with Gasteiger partial charge < -0.3 is 14.9 Å². The zero-order chi connectivity index (χ0) is 14.8. The largest absolute Gasteiger partial charge is 0.496 e. The first-order valence-electron chi connectivity index (χ1n) is 6.76. The first kappa shape index (κ1) is 14.8. The van der Waals surface area contributed by atoms with Crippen LogP contribution in [0.1, 0.15) is 24.0 Å². The molecule has 2 N–H and O–H groups in total. The van der Waals surface area contributed by atoms with Crippen LogP contribution in [0.15, 0.2) is 18.2 Å². The van der Waals surface area contributed by atoms with Crippen LogP contribution in [0.3, 0.4) is 0 Å². The average molecular weight is 279 g/mol. The van der Waals surface area contributed by atoms with Gasteiger partial charge in [0, 0.05) is 19.6 Å². The van der Waals surface area contributed by atoms with E-state index in [9.17, 15) is 9.90 Å². The number of hydrogen-bond donors (Lipinski definition) is 2. The molecule has 2 rings (SSSR count). The highest BCUT2D eigenvalue weighted by Gasteiger charge is 2.39. The number of carboxylic acids is 1. The molecule has 5 heteroatoms. The molecule has 0 saturated carbocycles. The molecule has 20 heavy (non-hydrogen) atoms. The molecule has 5 nitrogen and oxygen atoms in total. The summed E-state index contributed by atoms with van der Waals surface area (Å²) in [7, 11) is 1.65. The Kier molecular flexibility index (Phi) is 4.30. The smallest absolute Gasteiger partial charge is 0.335 e. The number of aliphatic hydroxyl groups is 1. The molecule has 0 atom stereocenters. The van der Waals surface area contributed by atoms with E-state index in [0.29, 0.717) is 13.1 Å². The minimum atomic E-state index is -1.55. The predicted octanol–water partition coefficient (Wildman–Crippen LogP) is 1.42. The average Bonchev–Trinajstić information content (AvgIpc) is 2.42. The van der Waals surface area contributed by atoms with Crippen LogP contribution >= 0.6 is 0 Å². The first-order valence-corrected chi connectivity index (χ1v) is 6.76. The van der Waals surface area contributed by atoms with Crippen LogP contribution in [-0.4, -0.2) is 46.9 Å². The molecule has 1 aliphatic rings. The number of hydrogen-bond acceptors (Lipinski definition) is 4. The maximum atomic E-state index is 11.0. The summed E-state index contributed by atoms with van der Waals surface area (Å²) in [6.45, 7) is 3.95. The molecule has 1 fully saturated rings. The topological polar surface area (TPSA) is 70.0 Å². The van der Waals surface area contributed by atoms with E-state index in [4.69, 9.17) is 9.84 Å². The van der Waals surface area contributed by atoms with E-state index in [1.54, 1.807) is 7.11 Å². The number of carboxylic acid groups (broad SMARTS) is 1. The van der Waals surface area contributed by atoms with Gasteiger partial charge in [0.2, 0.25) is 0 Å². The maximum Gasteiger partial charge on any atom is 0.335 e. The SMILES string of the molecule is COc1ccc(CN2CCC(O)(C(=O)O)CC2)cc1C. The zero-order valence-electron chi connectivity index (χ0n) is 11.9. The van der Waals surface area contributed by atoms with Gasteiger partial charge in [-0.1, -0.05) is 12.1 Å². The van der Waals surface area contributed by atoms with Crippen molar-refractivity contribution < 1.29 is 19.7 Å². The molecule has 1 aromatic rings. The van der Waals surface area contributed by atoms with Gasteiger partial charge in [0.05, 0.1) is 7.11 Å². The Hall–Kier alpha value is -1.59. The molecule has 0 spiro atoms. The third-order valence-corrected chi connectivity index (χ3v) is 3.95. The summed E-state index contributed by atoms with van der Waals surface area (Å²) < 4.78 is 5.23. The number of likely N-dealkylation sites (tertiary alicyclic amines) is 1. The molecule has 110 valence electrons. The van der Waals surface area contributed by atoms with Gasteiger partial charge in [-0.05, 0) is 37.0 Å². The zero-order valence-corrected chi connectivity index (χ0v) is 11.9. The van der Waals surface area contributed by atoms with Crippen LogP contribution in [0.5, 0.6) is 5.75 Å². The van der Waals surface area contributed by atoms with Crippen molar-refractivity contribution >= 4 is 5.97 Å². The van der Waals surface area contributed by atoms with Crippen molar-refractivity contribution in [2.45, 2.75) is 31.9 Å². The van der Waals surface area contributed by atoms with E-state index < -0.39 is 11.6 Å². The second-order valence-corrected chi connectivity index (χ2v) is 5.42. The Morgan fingerprint density at radius 3 is 2.55 bits per heavy atom. The number of ether oxygens (including phenoxy) is 1. The van der Waals surface area contributed by atoms with E-state index in [1.165, 1.54) is 5.56 Å². The quantitative estimate of drug-likeness (QED) is 0.872. The Labute approximate surface area is 118 Å². The molecule has 0 aromatic heterocycles. The van der Waals surface area contributed by atoms with Crippen LogP contribution in [0.25, 0.3) is 0 Å². The highest BCUT2D eigenvalue weighted by Crippen LogP contribution is 2.25. The number of aryl methyl sites for hydroxylation is 1. The molecule has 1 aromatic carbocycles. The maximum absolute atomic E-state index is 11.0. The summed E-state index contributed by atoms with van der Waals surface area (Å²) in [4.78, 5) is 13.1. The lowest BCUT2D eigenvalue weighted by Crippen LogP contribution is -2.49. The summed E-state index contributed by atoms with van der Waals surface area (Å²) in [5, 5.41) is 18.9. The van der Waals surface area contributed by atoms with E-state index >= 15 is 0 Å². The standard InChI is InChI=1S/C15H21NO4/c1-11-9-12(3-4-13(11)20-2)10-16-7-5-15(19,6-8-16)14(17)18/h3-4,9,19H,5-8,10H2,1-2H3,(H,17,18). The molecule has 1 saturated heterocycles. The minimum absolute atomic E-state index is 0.275. The predicted molar refractivity (Wildman–Crippen MR) is 74.8 cm³/mol. The van der Waals surface area contributed by atoms with Gasteiger partial charge in [-0.25, -0.2) is 4.79 Å². The number of aliphatic carboxylic acids is 1. The monoisotopic (exact) mass is 279 g/mol. The van der Waals surface area contributed by atoms with Crippen LogP contribution < -0.4 is 4.74 Å². The minimum Gasteiger partial charge on any atom is -0.496 e. The Balaban J connectivity index is 1.96. The van der Waals surface area contributed by atoms with Crippen molar-refractivity contribution in [1.29, 1.82) is 0 Å². The second kappa shape index (κ2) is 5.81. The van der Waals surface area contributed by atoms with Gasteiger partial charge in [-0.15, -0.1) is 0 Å². The van der Waals surface area contributed by atoms with Gasteiger partial charge in [0.15, 0.2) is 5.60 Å². The Morgan fingerprint density at radius 1 is 1.40 bits per heavy atom. The molecule has 1 heterocycles. The lowest BCUT2D eigenvalue weighted by molar-refractivity contribution is -0.163. The van der Waals surface area contributed by atoms with Crippen LogP contribution in [0.2, 0.25) is 0 Å². The van der Waals surface area contributed by atoms with Gasteiger partial charge in [-0.2, -0.15) is 0 Å². The summed E-state index contributed by atoms with van der Waals surface area (Å²) in [5.41, 5.74) is 0.708. The fraction of sp³-hybridized carbons (Fsp3) is 0.533. The molecule has 0 unspecified atom stereocenters. The summed E-state index contributed by atoms with van der Waals surface area (Å²) in [6, 6.07) is 6.04. The summed E-state index contributed by atoms with van der Waals surface area (Å²) >= 11 is 0. The van der Waals surface area contributed by atoms with Crippen molar-refractivity contribution in [3.63, 3.8) is 0 Å². The van der Waals surface area contributed by atoms with Crippen molar-refractivity contribution in [1.82, 2.24) is 4.90 Å². The van der Waals surface area contributed by atoms with Crippen LogP contribution in [0.4, 0.5) is 0 Å². The highest BCUT2D eigenvalue weighted by molar-refractivity contribution is 5.77. The number of methoxy groups -OCH3 is 1. The number of piperidine rings is 1. The van der Waals surface area contributed by atoms with E-state index in [-0.39, 0.29) is 12.8 Å². The lowest BCUT2D eigenvalue weighted by atomic mass is 9.91. The van der Waals surface area contributed by atoms with E-state index in [2.05, 4.69) is 11.0 Å². The van der Waals surface area contributed by atoms with Crippen LogP contribution in [0, 0.1) is 6.92 Å². The molecule has 0 bridgehead atoms. The summed E-state index contributed by atoms with van der Waals surface area (Å²) in [6.07, 6.45) is 0.551. The number of benzene rings is 1. The lowest BCUT2D eigenvalue weighted by Gasteiger charge is -2.35. The second-order valence-electron chi connectivity index (χ2n) is 5.42. The van der Waals surface area contributed by atoms with Crippen molar-refractivity contribution in [3.8, 4) is 5.75 Å². The van der Waals surface area contributed by atoms with Crippen molar-refractivity contribution in [2.24, 2.45) is 0 Å². The molecule has 1 aliphatic heterocycles. The summed E-state index contributed by atoms with van der Waals surface area (Å²) in [5.74, 6) is -0.245. The normalized spacial score (nSPS) is 18.8. The molecule has 0 aliphatic carbocycles.